The lowest BCUT2D eigenvalue weighted by atomic mass is 9.96. The number of furan rings is 1. The lowest BCUT2D eigenvalue weighted by Crippen LogP contribution is -2.36. The second-order valence-corrected chi connectivity index (χ2v) is 9.84. The van der Waals surface area contributed by atoms with Gasteiger partial charge in [0.25, 0.3) is 11.8 Å². The molecule has 8 heteroatoms. The van der Waals surface area contributed by atoms with Gasteiger partial charge in [-0.2, -0.15) is 0 Å². The molecule has 2 heterocycles. The molecule has 3 aromatic carbocycles. The van der Waals surface area contributed by atoms with Crippen LogP contribution < -0.4 is 10.6 Å². The molecule has 0 saturated heterocycles. The van der Waals surface area contributed by atoms with Gasteiger partial charge in [-0.25, -0.2) is 14.4 Å². The van der Waals surface area contributed by atoms with Gasteiger partial charge in [0.05, 0.1) is 5.56 Å². The number of nitrogens with one attached hydrogen (secondary N) is 2. The number of hydrogen-bond donors (Lipinski definition) is 2. The normalized spacial score (nSPS) is 13.7. The molecule has 5 aromatic rings. The van der Waals surface area contributed by atoms with E-state index < -0.39 is 5.54 Å². The van der Waals surface area contributed by atoms with Crippen LogP contribution in [0, 0.1) is 19.7 Å². The summed E-state index contributed by atoms with van der Waals surface area (Å²) in [4.78, 5) is 35.1. The zero-order valence-electron chi connectivity index (χ0n) is 21.4. The van der Waals surface area contributed by atoms with E-state index in [1.165, 1.54) is 24.3 Å². The van der Waals surface area contributed by atoms with Crippen LogP contribution in [0.3, 0.4) is 0 Å². The highest BCUT2D eigenvalue weighted by atomic mass is 19.1. The molecule has 2 N–H and O–H groups in total. The molecule has 1 fully saturated rings. The Labute approximate surface area is 224 Å². The summed E-state index contributed by atoms with van der Waals surface area (Å²) in [6.07, 6.45) is 4.95. The monoisotopic (exact) mass is 520 g/mol. The Morgan fingerprint density at radius 2 is 1.67 bits per heavy atom. The second-order valence-electron chi connectivity index (χ2n) is 9.84. The number of fused-ring (bicyclic) bond motifs is 1. The van der Waals surface area contributed by atoms with Crippen LogP contribution in [0.4, 0.5) is 10.1 Å². The van der Waals surface area contributed by atoms with E-state index in [2.05, 4.69) is 20.6 Å². The van der Waals surface area contributed by atoms with E-state index in [4.69, 9.17) is 4.42 Å². The topological polar surface area (TPSA) is 97.1 Å². The van der Waals surface area contributed by atoms with Crippen LogP contribution in [0.1, 0.15) is 50.7 Å². The van der Waals surface area contributed by atoms with Crippen molar-refractivity contribution in [3.8, 4) is 11.1 Å². The number of anilines is 1. The number of benzene rings is 3. The van der Waals surface area contributed by atoms with Gasteiger partial charge in [0.1, 0.15) is 22.7 Å². The summed E-state index contributed by atoms with van der Waals surface area (Å²) in [5, 5.41) is 6.59. The van der Waals surface area contributed by atoms with Crippen LogP contribution in [0.5, 0.6) is 0 Å². The molecule has 0 bridgehead atoms. The largest absolute Gasteiger partial charge is 0.461 e. The van der Waals surface area contributed by atoms with Crippen LogP contribution >= 0.6 is 0 Å². The maximum atomic E-state index is 13.3. The molecule has 0 unspecified atom stereocenters. The first-order chi connectivity index (χ1) is 18.8. The first-order valence-electron chi connectivity index (χ1n) is 12.6. The van der Waals surface area contributed by atoms with Gasteiger partial charge >= 0.3 is 0 Å². The molecule has 1 saturated carbocycles. The molecule has 0 aliphatic heterocycles. The SMILES string of the molecule is Cc1ccc(C(=O)NC2(c3ncccn3)CC2)cc1-c1ccc2oc(C)c(C(=O)Nc3ccc(F)cc3)c2c1. The molecule has 39 heavy (non-hydrogen) atoms. The zero-order chi connectivity index (χ0) is 27.1. The third-order valence-electron chi connectivity index (χ3n) is 7.10. The van der Waals surface area contributed by atoms with Crippen molar-refractivity contribution in [3.05, 3.63) is 113 Å². The van der Waals surface area contributed by atoms with E-state index in [1.54, 1.807) is 31.5 Å². The molecular formula is C31H25FN4O3. The molecule has 1 aliphatic rings. The van der Waals surface area contributed by atoms with Gasteiger partial charge in [0.2, 0.25) is 0 Å². The van der Waals surface area contributed by atoms with Gasteiger partial charge in [0.15, 0.2) is 5.82 Å². The molecule has 0 radical (unpaired) electrons. The lowest BCUT2D eigenvalue weighted by molar-refractivity contribution is 0.0928. The number of aromatic nitrogens is 2. The number of halogens is 1. The van der Waals surface area contributed by atoms with E-state index in [1.807, 2.05) is 37.3 Å². The molecule has 7 nitrogen and oxygen atoms in total. The van der Waals surface area contributed by atoms with E-state index in [0.29, 0.717) is 39.4 Å². The van der Waals surface area contributed by atoms with Crippen molar-refractivity contribution < 1.29 is 18.4 Å². The van der Waals surface area contributed by atoms with Crippen LogP contribution in [-0.4, -0.2) is 21.8 Å². The van der Waals surface area contributed by atoms with Crippen molar-refractivity contribution >= 4 is 28.5 Å². The van der Waals surface area contributed by atoms with Gasteiger partial charge in [-0.15, -0.1) is 0 Å². The van der Waals surface area contributed by atoms with Crippen molar-refractivity contribution in [2.45, 2.75) is 32.2 Å². The molecule has 2 amide bonds. The lowest BCUT2D eigenvalue weighted by Gasteiger charge is -2.16. The predicted molar refractivity (Wildman–Crippen MR) is 146 cm³/mol. The van der Waals surface area contributed by atoms with Crippen LogP contribution in [0.25, 0.3) is 22.1 Å². The van der Waals surface area contributed by atoms with E-state index in [9.17, 15) is 14.0 Å². The minimum atomic E-state index is -0.524. The van der Waals surface area contributed by atoms with Crippen molar-refractivity contribution in [3.63, 3.8) is 0 Å². The highest BCUT2D eigenvalue weighted by Gasteiger charge is 2.48. The Balaban J connectivity index is 1.31. The van der Waals surface area contributed by atoms with Gasteiger partial charge in [-0.1, -0.05) is 12.1 Å². The standard InChI is InChI=1S/C31H25FN4O3/c1-18-4-5-21(28(37)36-31(12-13-31)30-33-14-3-15-34-30)17-24(18)20-6-11-26-25(16-20)27(19(2)39-26)29(38)35-23-9-7-22(32)8-10-23/h3-11,14-17H,12-13H2,1-2H3,(H,35,38)(H,36,37). The third-order valence-corrected chi connectivity index (χ3v) is 7.10. The second kappa shape index (κ2) is 9.47. The van der Waals surface area contributed by atoms with E-state index in [0.717, 1.165) is 29.5 Å². The first-order valence-corrected chi connectivity index (χ1v) is 12.6. The fourth-order valence-corrected chi connectivity index (χ4v) is 4.84. The summed E-state index contributed by atoms with van der Waals surface area (Å²) >= 11 is 0. The number of aryl methyl sites for hydroxylation is 2. The summed E-state index contributed by atoms with van der Waals surface area (Å²) in [7, 11) is 0. The fourth-order valence-electron chi connectivity index (χ4n) is 4.84. The molecule has 0 spiro atoms. The minimum Gasteiger partial charge on any atom is -0.461 e. The average Bonchev–Trinajstić information content (AvgIpc) is 3.64. The fraction of sp³-hybridized carbons (Fsp3) is 0.161. The molecule has 6 rings (SSSR count). The summed E-state index contributed by atoms with van der Waals surface area (Å²) in [6, 6.07) is 18.6. The Hall–Kier alpha value is -4.85. The first kappa shape index (κ1) is 24.5. The van der Waals surface area contributed by atoms with Crippen LogP contribution in [0.2, 0.25) is 0 Å². The number of carbonyl (C=O) groups excluding carboxylic acids is 2. The summed E-state index contributed by atoms with van der Waals surface area (Å²) in [5.74, 6) is 0.176. The summed E-state index contributed by atoms with van der Waals surface area (Å²) < 4.78 is 19.2. The van der Waals surface area contributed by atoms with Gasteiger partial charge in [-0.05, 0) is 98.0 Å². The predicted octanol–water partition coefficient (Wildman–Crippen LogP) is 6.32. The number of amides is 2. The Morgan fingerprint density at radius 3 is 2.38 bits per heavy atom. The molecular weight excluding hydrogens is 495 g/mol. The van der Waals surface area contributed by atoms with Crippen LogP contribution in [0.15, 0.2) is 83.5 Å². The van der Waals surface area contributed by atoms with Gasteiger partial charge < -0.3 is 15.1 Å². The Morgan fingerprint density at radius 1 is 0.923 bits per heavy atom. The average molecular weight is 521 g/mol. The molecule has 2 aromatic heterocycles. The summed E-state index contributed by atoms with van der Waals surface area (Å²) in [5.41, 5.74) is 4.16. The highest BCUT2D eigenvalue weighted by Crippen LogP contribution is 2.44. The molecule has 194 valence electrons. The Bertz CT molecular complexity index is 1720. The van der Waals surface area contributed by atoms with Gasteiger partial charge in [0, 0.05) is 29.0 Å². The quantitative estimate of drug-likeness (QED) is 0.273. The zero-order valence-corrected chi connectivity index (χ0v) is 21.4. The third kappa shape index (κ3) is 4.65. The van der Waals surface area contributed by atoms with E-state index >= 15 is 0 Å². The highest BCUT2D eigenvalue weighted by molar-refractivity contribution is 6.14. The van der Waals surface area contributed by atoms with Crippen LogP contribution in [-0.2, 0) is 5.54 Å². The number of carbonyl (C=O) groups is 2. The number of rotatable bonds is 6. The minimum absolute atomic E-state index is 0.194. The maximum Gasteiger partial charge on any atom is 0.259 e. The molecule has 1 aliphatic carbocycles. The van der Waals surface area contributed by atoms with Gasteiger partial charge in [-0.3, -0.25) is 9.59 Å². The smallest absolute Gasteiger partial charge is 0.259 e. The van der Waals surface area contributed by atoms with E-state index in [-0.39, 0.29) is 17.6 Å². The van der Waals surface area contributed by atoms with Crippen molar-refractivity contribution in [2.75, 3.05) is 5.32 Å². The Kier molecular flexibility index (Phi) is 5.95. The summed E-state index contributed by atoms with van der Waals surface area (Å²) in [6.45, 7) is 3.71. The van der Waals surface area contributed by atoms with Crippen molar-refractivity contribution in [1.82, 2.24) is 15.3 Å². The van der Waals surface area contributed by atoms with Crippen molar-refractivity contribution in [2.24, 2.45) is 0 Å². The number of nitrogens with zero attached hydrogens (tertiary/aromatic N) is 2. The maximum absolute atomic E-state index is 13.3. The molecule has 0 atom stereocenters. The number of hydrogen-bond acceptors (Lipinski definition) is 5. The van der Waals surface area contributed by atoms with Crippen molar-refractivity contribution in [1.29, 1.82) is 0 Å².